The van der Waals surface area contributed by atoms with Crippen molar-refractivity contribution in [2.45, 2.75) is 12.3 Å². The number of nitrogens with one attached hydrogen (secondary N) is 1. The molecule has 0 aliphatic carbocycles. The molecule has 0 saturated carbocycles. The van der Waals surface area contributed by atoms with Crippen LogP contribution in [-0.2, 0) is 4.79 Å². The highest BCUT2D eigenvalue weighted by molar-refractivity contribution is 9.10. The standard InChI is InChI=1S/C19H13BrFNO/c20-16-9-12(6-8-17(16)21)15-10-18(23)22-19-13-4-2-1-3-11(13)5-7-14(15)19/h1-9,15H,10H2,(H,22,23). The van der Waals surface area contributed by atoms with Gasteiger partial charge in [0.05, 0.1) is 10.2 Å². The van der Waals surface area contributed by atoms with Gasteiger partial charge in [-0.1, -0.05) is 42.5 Å². The summed E-state index contributed by atoms with van der Waals surface area (Å²) in [5.74, 6) is -0.382. The number of amides is 1. The number of carbonyl (C=O) groups excluding carboxylic acids is 1. The molecule has 1 amide bonds. The van der Waals surface area contributed by atoms with Crippen LogP contribution in [0.4, 0.5) is 10.1 Å². The second-order valence-electron chi connectivity index (χ2n) is 5.73. The normalized spacial score (nSPS) is 17.0. The van der Waals surface area contributed by atoms with Crippen LogP contribution >= 0.6 is 15.9 Å². The molecule has 1 atom stereocenters. The number of hydrogen-bond donors (Lipinski definition) is 1. The van der Waals surface area contributed by atoms with E-state index in [0.29, 0.717) is 10.9 Å². The van der Waals surface area contributed by atoms with Crippen molar-refractivity contribution in [3.8, 4) is 0 Å². The summed E-state index contributed by atoms with van der Waals surface area (Å²) in [5.41, 5.74) is 2.87. The lowest BCUT2D eigenvalue weighted by atomic mass is 9.83. The van der Waals surface area contributed by atoms with Crippen LogP contribution in [0.5, 0.6) is 0 Å². The second-order valence-corrected chi connectivity index (χ2v) is 6.58. The van der Waals surface area contributed by atoms with Crippen molar-refractivity contribution < 1.29 is 9.18 Å². The van der Waals surface area contributed by atoms with Crippen LogP contribution in [0, 0.1) is 5.82 Å². The maximum Gasteiger partial charge on any atom is 0.225 e. The van der Waals surface area contributed by atoms with Crippen molar-refractivity contribution in [1.82, 2.24) is 0 Å². The Bertz CT molecular complexity index is 938. The fraction of sp³-hybridized carbons (Fsp3) is 0.105. The van der Waals surface area contributed by atoms with E-state index in [-0.39, 0.29) is 17.6 Å². The molecule has 1 aliphatic heterocycles. The van der Waals surface area contributed by atoms with E-state index in [1.165, 1.54) is 6.07 Å². The third kappa shape index (κ3) is 2.43. The van der Waals surface area contributed by atoms with Crippen LogP contribution in [0.3, 0.4) is 0 Å². The van der Waals surface area contributed by atoms with E-state index in [2.05, 4.69) is 33.4 Å². The fourth-order valence-electron chi connectivity index (χ4n) is 3.23. The maximum absolute atomic E-state index is 13.5. The Morgan fingerprint density at radius 1 is 1.09 bits per heavy atom. The van der Waals surface area contributed by atoms with Gasteiger partial charge in [0, 0.05) is 17.7 Å². The summed E-state index contributed by atoms with van der Waals surface area (Å²) in [6.07, 6.45) is 0.364. The molecule has 3 aromatic rings. The Morgan fingerprint density at radius 2 is 1.91 bits per heavy atom. The van der Waals surface area contributed by atoms with Crippen molar-refractivity contribution >= 4 is 38.3 Å². The van der Waals surface area contributed by atoms with Gasteiger partial charge in [-0.2, -0.15) is 0 Å². The van der Waals surface area contributed by atoms with E-state index in [0.717, 1.165) is 27.6 Å². The molecule has 1 aliphatic rings. The van der Waals surface area contributed by atoms with Gasteiger partial charge in [-0.15, -0.1) is 0 Å². The first-order valence-corrected chi connectivity index (χ1v) is 8.19. The molecule has 4 heteroatoms. The lowest BCUT2D eigenvalue weighted by Crippen LogP contribution is -2.23. The topological polar surface area (TPSA) is 29.1 Å². The van der Waals surface area contributed by atoms with E-state index < -0.39 is 0 Å². The van der Waals surface area contributed by atoms with Gasteiger partial charge in [0.2, 0.25) is 5.91 Å². The molecule has 114 valence electrons. The summed E-state index contributed by atoms with van der Waals surface area (Å²) in [6.45, 7) is 0. The molecule has 1 unspecified atom stereocenters. The SMILES string of the molecule is O=C1CC(c2ccc(F)c(Br)c2)c2ccc3ccccc3c2N1. The molecule has 0 fully saturated rings. The highest BCUT2D eigenvalue weighted by Gasteiger charge is 2.28. The first-order valence-electron chi connectivity index (χ1n) is 7.40. The average Bonchev–Trinajstić information content (AvgIpc) is 2.56. The van der Waals surface area contributed by atoms with Crippen molar-refractivity contribution in [3.05, 3.63) is 76.0 Å². The van der Waals surface area contributed by atoms with Gasteiger partial charge in [-0.3, -0.25) is 4.79 Å². The minimum atomic E-state index is -0.298. The van der Waals surface area contributed by atoms with Gasteiger partial charge in [-0.05, 0) is 44.6 Å². The van der Waals surface area contributed by atoms with Crippen molar-refractivity contribution in [2.75, 3.05) is 5.32 Å². The molecule has 0 bridgehead atoms. The second kappa shape index (κ2) is 5.46. The minimum Gasteiger partial charge on any atom is -0.325 e. The number of fused-ring (bicyclic) bond motifs is 3. The molecular weight excluding hydrogens is 357 g/mol. The van der Waals surface area contributed by atoms with Crippen LogP contribution in [0.1, 0.15) is 23.5 Å². The molecule has 23 heavy (non-hydrogen) atoms. The fourth-order valence-corrected chi connectivity index (χ4v) is 3.63. The van der Waals surface area contributed by atoms with Crippen LogP contribution in [-0.4, -0.2) is 5.91 Å². The van der Waals surface area contributed by atoms with Crippen LogP contribution in [0.25, 0.3) is 10.8 Å². The predicted molar refractivity (Wildman–Crippen MR) is 93.1 cm³/mol. The number of anilines is 1. The molecular formula is C19H13BrFNO. The zero-order chi connectivity index (χ0) is 16.0. The summed E-state index contributed by atoms with van der Waals surface area (Å²) in [7, 11) is 0. The zero-order valence-corrected chi connectivity index (χ0v) is 13.7. The maximum atomic E-state index is 13.5. The molecule has 0 radical (unpaired) electrons. The van der Waals surface area contributed by atoms with E-state index in [9.17, 15) is 9.18 Å². The van der Waals surface area contributed by atoms with Gasteiger partial charge >= 0.3 is 0 Å². The molecule has 1 N–H and O–H groups in total. The summed E-state index contributed by atoms with van der Waals surface area (Å²) < 4.78 is 13.9. The number of halogens is 2. The lowest BCUT2D eigenvalue weighted by molar-refractivity contribution is -0.116. The van der Waals surface area contributed by atoms with Crippen LogP contribution < -0.4 is 5.32 Å². The average molecular weight is 370 g/mol. The van der Waals surface area contributed by atoms with E-state index in [1.807, 2.05) is 24.3 Å². The summed E-state index contributed by atoms with van der Waals surface area (Å²) >= 11 is 3.23. The van der Waals surface area contributed by atoms with Crippen molar-refractivity contribution in [3.63, 3.8) is 0 Å². The Labute approximate surface area is 141 Å². The first kappa shape index (κ1) is 14.4. The molecule has 3 aromatic carbocycles. The molecule has 1 heterocycles. The minimum absolute atomic E-state index is 0.0145. The third-order valence-corrected chi connectivity index (χ3v) is 4.94. The van der Waals surface area contributed by atoms with Crippen molar-refractivity contribution in [1.29, 1.82) is 0 Å². The molecule has 0 aromatic heterocycles. The van der Waals surface area contributed by atoms with Gasteiger partial charge in [0.1, 0.15) is 5.82 Å². The zero-order valence-electron chi connectivity index (χ0n) is 12.1. The Morgan fingerprint density at radius 3 is 2.74 bits per heavy atom. The van der Waals surface area contributed by atoms with E-state index >= 15 is 0 Å². The van der Waals surface area contributed by atoms with Gasteiger partial charge < -0.3 is 5.32 Å². The monoisotopic (exact) mass is 369 g/mol. The Kier molecular flexibility index (Phi) is 3.42. The van der Waals surface area contributed by atoms with Gasteiger partial charge in [0.25, 0.3) is 0 Å². The highest BCUT2D eigenvalue weighted by atomic mass is 79.9. The predicted octanol–water partition coefficient (Wildman–Crippen LogP) is 5.22. The summed E-state index contributed by atoms with van der Waals surface area (Å²) in [6, 6.07) is 17.1. The molecule has 0 spiro atoms. The van der Waals surface area contributed by atoms with Gasteiger partial charge in [-0.25, -0.2) is 4.39 Å². The van der Waals surface area contributed by atoms with Crippen molar-refractivity contribution in [2.24, 2.45) is 0 Å². The number of hydrogen-bond acceptors (Lipinski definition) is 1. The Hall–Kier alpha value is -2.20. The quantitative estimate of drug-likeness (QED) is 0.626. The van der Waals surface area contributed by atoms with E-state index in [4.69, 9.17) is 0 Å². The van der Waals surface area contributed by atoms with Crippen LogP contribution in [0.15, 0.2) is 59.1 Å². The highest BCUT2D eigenvalue weighted by Crippen LogP contribution is 2.41. The summed E-state index contributed by atoms with van der Waals surface area (Å²) in [5, 5.41) is 5.13. The smallest absolute Gasteiger partial charge is 0.225 e. The molecule has 0 saturated heterocycles. The van der Waals surface area contributed by atoms with Crippen LogP contribution in [0.2, 0.25) is 0 Å². The molecule has 4 rings (SSSR count). The molecule has 2 nitrogen and oxygen atoms in total. The lowest BCUT2D eigenvalue weighted by Gasteiger charge is -2.27. The third-order valence-electron chi connectivity index (χ3n) is 4.34. The van der Waals surface area contributed by atoms with Gasteiger partial charge in [0.15, 0.2) is 0 Å². The summed E-state index contributed by atoms with van der Waals surface area (Å²) in [4.78, 5) is 12.2. The van der Waals surface area contributed by atoms with E-state index in [1.54, 1.807) is 12.1 Å². The number of benzene rings is 3. The Balaban J connectivity index is 1.92. The number of carbonyl (C=O) groups is 1. The largest absolute Gasteiger partial charge is 0.325 e. The first-order chi connectivity index (χ1) is 11.1. The number of rotatable bonds is 1.